The molecule has 1 aliphatic rings. The first-order valence-electron chi connectivity index (χ1n) is 9.05. The lowest BCUT2D eigenvalue weighted by atomic mass is 10.1. The predicted molar refractivity (Wildman–Crippen MR) is 105 cm³/mol. The van der Waals surface area contributed by atoms with Gasteiger partial charge in [0.2, 0.25) is 10.0 Å². The molecule has 0 spiro atoms. The van der Waals surface area contributed by atoms with Crippen LogP contribution in [0.5, 0.6) is 0 Å². The van der Waals surface area contributed by atoms with Crippen molar-refractivity contribution in [3.8, 4) is 0 Å². The number of nitrogens with one attached hydrogen (secondary N) is 2. The van der Waals surface area contributed by atoms with Crippen molar-refractivity contribution >= 4 is 16.0 Å². The molecule has 1 aromatic carbocycles. The number of hydrogen-bond acceptors (Lipinski definition) is 5. The number of likely N-dealkylation sites (tertiary alicyclic amines) is 1. The Bertz CT molecular complexity index is 707. The third-order valence-corrected chi connectivity index (χ3v) is 5.97. The molecule has 1 saturated heterocycles. The SMILES string of the molecule is CN=C(NCc1ccc(S(=O)(=O)NC)cc1)N1CCC(COCCOC)C1. The van der Waals surface area contributed by atoms with Crippen LogP contribution in [-0.2, 0) is 26.0 Å². The molecule has 2 N–H and O–H groups in total. The van der Waals surface area contributed by atoms with Crippen molar-refractivity contribution in [1.29, 1.82) is 0 Å². The van der Waals surface area contributed by atoms with Crippen LogP contribution in [0.15, 0.2) is 34.2 Å². The van der Waals surface area contributed by atoms with Crippen LogP contribution in [0.3, 0.4) is 0 Å². The minimum Gasteiger partial charge on any atom is -0.382 e. The van der Waals surface area contributed by atoms with E-state index in [0.29, 0.717) is 25.7 Å². The fourth-order valence-electron chi connectivity index (χ4n) is 2.97. The molecule has 1 fully saturated rings. The second kappa shape index (κ2) is 10.6. The topological polar surface area (TPSA) is 92.3 Å². The molecule has 0 aromatic heterocycles. The Morgan fingerprint density at radius 3 is 2.67 bits per heavy atom. The monoisotopic (exact) mass is 398 g/mol. The Hall–Kier alpha value is -1.68. The van der Waals surface area contributed by atoms with Gasteiger partial charge in [0.25, 0.3) is 0 Å². The number of benzene rings is 1. The van der Waals surface area contributed by atoms with Crippen molar-refractivity contribution in [1.82, 2.24) is 14.9 Å². The first-order chi connectivity index (χ1) is 13.0. The van der Waals surface area contributed by atoms with Crippen molar-refractivity contribution in [3.63, 3.8) is 0 Å². The molecule has 152 valence electrons. The van der Waals surface area contributed by atoms with Crippen LogP contribution < -0.4 is 10.0 Å². The summed E-state index contributed by atoms with van der Waals surface area (Å²) in [6, 6.07) is 6.82. The highest BCUT2D eigenvalue weighted by molar-refractivity contribution is 7.89. The van der Waals surface area contributed by atoms with E-state index in [4.69, 9.17) is 9.47 Å². The zero-order valence-electron chi connectivity index (χ0n) is 16.3. The van der Waals surface area contributed by atoms with Gasteiger partial charge in [0.15, 0.2) is 5.96 Å². The van der Waals surface area contributed by atoms with E-state index in [1.165, 1.54) is 7.05 Å². The molecule has 1 aliphatic heterocycles. The van der Waals surface area contributed by atoms with Gasteiger partial charge in [-0.1, -0.05) is 12.1 Å². The van der Waals surface area contributed by atoms with Gasteiger partial charge in [-0.25, -0.2) is 13.1 Å². The lowest BCUT2D eigenvalue weighted by molar-refractivity contribution is 0.0536. The molecular formula is C18H30N4O4S. The summed E-state index contributed by atoms with van der Waals surface area (Å²) in [5.74, 6) is 1.34. The molecule has 1 atom stereocenters. The van der Waals surface area contributed by atoms with Gasteiger partial charge in [-0.3, -0.25) is 4.99 Å². The van der Waals surface area contributed by atoms with E-state index >= 15 is 0 Å². The average Bonchev–Trinajstić information content (AvgIpc) is 3.15. The van der Waals surface area contributed by atoms with E-state index in [2.05, 4.69) is 19.9 Å². The van der Waals surface area contributed by atoms with Crippen LogP contribution in [0.2, 0.25) is 0 Å². The summed E-state index contributed by atoms with van der Waals surface area (Å²) in [6.45, 7) is 4.41. The second-order valence-electron chi connectivity index (χ2n) is 6.42. The van der Waals surface area contributed by atoms with Crippen LogP contribution in [0.1, 0.15) is 12.0 Å². The van der Waals surface area contributed by atoms with Gasteiger partial charge >= 0.3 is 0 Å². The summed E-state index contributed by atoms with van der Waals surface area (Å²) in [5, 5.41) is 3.35. The summed E-state index contributed by atoms with van der Waals surface area (Å²) in [4.78, 5) is 6.85. The van der Waals surface area contributed by atoms with Crippen LogP contribution in [0.25, 0.3) is 0 Å². The van der Waals surface area contributed by atoms with E-state index in [9.17, 15) is 8.42 Å². The summed E-state index contributed by atoms with van der Waals surface area (Å²) in [7, 11) is 1.44. The fraction of sp³-hybridized carbons (Fsp3) is 0.611. The third kappa shape index (κ3) is 6.46. The Kier molecular flexibility index (Phi) is 8.49. The number of sulfonamides is 1. The number of guanidine groups is 1. The normalized spacial score (nSPS) is 18.1. The number of hydrogen-bond donors (Lipinski definition) is 2. The zero-order chi connectivity index (χ0) is 19.7. The average molecular weight is 399 g/mol. The van der Waals surface area contributed by atoms with Gasteiger partial charge in [0, 0.05) is 39.7 Å². The smallest absolute Gasteiger partial charge is 0.240 e. The van der Waals surface area contributed by atoms with Crippen molar-refractivity contribution in [3.05, 3.63) is 29.8 Å². The Morgan fingerprint density at radius 2 is 2.04 bits per heavy atom. The number of methoxy groups -OCH3 is 1. The molecule has 1 aromatic rings. The Morgan fingerprint density at radius 1 is 1.30 bits per heavy atom. The van der Waals surface area contributed by atoms with Crippen molar-refractivity contribution < 1.29 is 17.9 Å². The van der Waals surface area contributed by atoms with E-state index in [1.54, 1.807) is 38.4 Å². The van der Waals surface area contributed by atoms with Gasteiger partial charge < -0.3 is 19.7 Å². The fourth-order valence-corrected chi connectivity index (χ4v) is 3.70. The van der Waals surface area contributed by atoms with E-state index in [1.807, 2.05) is 0 Å². The van der Waals surface area contributed by atoms with Gasteiger partial charge in [-0.15, -0.1) is 0 Å². The Labute approximate surface area is 162 Å². The number of rotatable bonds is 9. The first kappa shape index (κ1) is 21.6. The van der Waals surface area contributed by atoms with Gasteiger partial charge in [0.05, 0.1) is 24.7 Å². The molecule has 2 rings (SSSR count). The highest BCUT2D eigenvalue weighted by Crippen LogP contribution is 2.17. The molecule has 27 heavy (non-hydrogen) atoms. The van der Waals surface area contributed by atoms with Crippen LogP contribution in [0, 0.1) is 5.92 Å². The lowest BCUT2D eigenvalue weighted by Crippen LogP contribution is -2.39. The molecule has 0 saturated carbocycles. The van der Waals surface area contributed by atoms with Crippen LogP contribution in [0.4, 0.5) is 0 Å². The largest absolute Gasteiger partial charge is 0.382 e. The maximum atomic E-state index is 11.8. The summed E-state index contributed by atoms with van der Waals surface area (Å²) in [6.07, 6.45) is 1.07. The highest BCUT2D eigenvalue weighted by Gasteiger charge is 2.24. The third-order valence-electron chi connectivity index (χ3n) is 4.54. The van der Waals surface area contributed by atoms with E-state index in [0.717, 1.165) is 37.6 Å². The number of nitrogens with zero attached hydrogens (tertiary/aromatic N) is 2. The standard InChI is InChI=1S/C18H30N4O4S/c1-19-18(22-9-8-16(13-22)14-26-11-10-25-3)21-12-15-4-6-17(7-5-15)27(23,24)20-2/h4-7,16,20H,8-14H2,1-3H3,(H,19,21). The maximum absolute atomic E-state index is 11.8. The Balaban J connectivity index is 1.82. The van der Waals surface area contributed by atoms with Crippen LogP contribution >= 0.6 is 0 Å². The lowest BCUT2D eigenvalue weighted by Gasteiger charge is -2.22. The molecule has 9 heteroatoms. The molecule has 1 unspecified atom stereocenters. The summed E-state index contributed by atoms with van der Waals surface area (Å²) in [5.41, 5.74) is 0.991. The van der Waals surface area contributed by atoms with Crippen molar-refractivity contribution in [2.45, 2.75) is 17.9 Å². The highest BCUT2D eigenvalue weighted by atomic mass is 32.2. The molecule has 0 amide bonds. The molecule has 8 nitrogen and oxygen atoms in total. The molecular weight excluding hydrogens is 368 g/mol. The molecule has 0 aliphatic carbocycles. The molecule has 0 bridgehead atoms. The quantitative estimate of drug-likeness (QED) is 0.361. The zero-order valence-corrected chi connectivity index (χ0v) is 17.1. The summed E-state index contributed by atoms with van der Waals surface area (Å²) >= 11 is 0. The maximum Gasteiger partial charge on any atom is 0.240 e. The first-order valence-corrected chi connectivity index (χ1v) is 10.5. The van der Waals surface area contributed by atoms with Crippen LogP contribution in [-0.4, -0.2) is 73.4 Å². The molecule has 0 radical (unpaired) electrons. The second-order valence-corrected chi connectivity index (χ2v) is 8.31. The van der Waals surface area contributed by atoms with Gasteiger partial charge in [-0.2, -0.15) is 0 Å². The van der Waals surface area contributed by atoms with Gasteiger partial charge in [0.1, 0.15) is 0 Å². The molecule has 1 heterocycles. The summed E-state index contributed by atoms with van der Waals surface area (Å²) < 4.78 is 36.5. The minimum atomic E-state index is -3.40. The van der Waals surface area contributed by atoms with Crippen molar-refractivity contribution in [2.24, 2.45) is 10.9 Å². The van der Waals surface area contributed by atoms with E-state index in [-0.39, 0.29) is 4.90 Å². The minimum absolute atomic E-state index is 0.258. The van der Waals surface area contributed by atoms with E-state index < -0.39 is 10.0 Å². The predicted octanol–water partition coefficient (Wildman–Crippen LogP) is 0.655. The van der Waals surface area contributed by atoms with Crippen molar-refractivity contribution in [2.75, 3.05) is 54.1 Å². The van der Waals surface area contributed by atoms with Gasteiger partial charge in [-0.05, 0) is 31.2 Å². The number of aliphatic imine (C=N–C) groups is 1. The number of ether oxygens (including phenoxy) is 2.